The quantitative estimate of drug-likeness (QED) is 0.524. The number of hydrogen-bond acceptors (Lipinski definition) is 7. The molecule has 2 aliphatic heterocycles. The van der Waals surface area contributed by atoms with Crippen molar-refractivity contribution < 1.29 is 27.5 Å². The van der Waals surface area contributed by atoms with E-state index in [0.29, 0.717) is 49.9 Å². The number of nitrogens with one attached hydrogen (secondary N) is 2. The van der Waals surface area contributed by atoms with E-state index >= 15 is 0 Å². The molecule has 10 nitrogen and oxygen atoms in total. The van der Waals surface area contributed by atoms with Crippen molar-refractivity contribution in [2.75, 3.05) is 39.4 Å². The van der Waals surface area contributed by atoms with Crippen molar-refractivity contribution in [1.29, 1.82) is 0 Å². The third-order valence-corrected chi connectivity index (χ3v) is 6.72. The second-order valence-electron chi connectivity index (χ2n) is 7.79. The van der Waals surface area contributed by atoms with Crippen LogP contribution in [0, 0.1) is 0 Å². The average Bonchev–Trinajstić information content (AvgIpc) is 3.17. The normalized spacial score (nSPS) is 20.3. The molecule has 2 heterocycles. The molecule has 180 valence electrons. The van der Waals surface area contributed by atoms with Gasteiger partial charge < -0.3 is 14.5 Å². The Morgan fingerprint density at radius 2 is 1.88 bits per heavy atom. The predicted molar refractivity (Wildman–Crippen MR) is 123 cm³/mol. The van der Waals surface area contributed by atoms with Gasteiger partial charge >= 0.3 is 0 Å². The molecular formula is C21H27ClN4O6S. The van der Waals surface area contributed by atoms with Crippen molar-refractivity contribution in [3.05, 3.63) is 40.3 Å². The van der Waals surface area contributed by atoms with E-state index < -0.39 is 28.0 Å². The number of benzene rings is 1. The number of halogens is 1. The molecule has 33 heavy (non-hydrogen) atoms. The van der Waals surface area contributed by atoms with Gasteiger partial charge in [0, 0.05) is 24.7 Å². The van der Waals surface area contributed by atoms with E-state index in [1.165, 1.54) is 11.0 Å². The van der Waals surface area contributed by atoms with Gasteiger partial charge in [-0.1, -0.05) is 23.7 Å². The van der Waals surface area contributed by atoms with Crippen LogP contribution in [0.4, 0.5) is 0 Å². The van der Waals surface area contributed by atoms with Gasteiger partial charge in [0.2, 0.25) is 17.7 Å². The lowest BCUT2D eigenvalue weighted by molar-refractivity contribution is -0.146. The number of rotatable bonds is 8. The van der Waals surface area contributed by atoms with E-state index in [-0.39, 0.29) is 18.4 Å². The van der Waals surface area contributed by atoms with Crippen molar-refractivity contribution in [3.8, 4) is 0 Å². The van der Waals surface area contributed by atoms with E-state index in [0.717, 1.165) is 5.41 Å². The highest BCUT2D eigenvalue weighted by Gasteiger charge is 2.38. The summed E-state index contributed by atoms with van der Waals surface area (Å²) in [4.78, 5) is 40.6. The monoisotopic (exact) mass is 498 g/mol. The lowest BCUT2D eigenvalue weighted by Gasteiger charge is -2.32. The van der Waals surface area contributed by atoms with Crippen molar-refractivity contribution in [3.63, 3.8) is 0 Å². The topological polar surface area (TPSA) is 125 Å². The van der Waals surface area contributed by atoms with Gasteiger partial charge in [-0.25, -0.2) is 13.1 Å². The summed E-state index contributed by atoms with van der Waals surface area (Å²) < 4.78 is 31.4. The van der Waals surface area contributed by atoms with E-state index in [1.807, 2.05) is 4.72 Å². The molecule has 3 rings (SSSR count). The number of amides is 3. The molecule has 12 heteroatoms. The number of sulfonamides is 1. The zero-order valence-electron chi connectivity index (χ0n) is 18.2. The van der Waals surface area contributed by atoms with Crippen LogP contribution in [0.5, 0.6) is 0 Å². The highest BCUT2D eigenvalue weighted by Crippen LogP contribution is 2.17. The van der Waals surface area contributed by atoms with E-state index in [9.17, 15) is 22.8 Å². The van der Waals surface area contributed by atoms with Gasteiger partial charge in [-0.2, -0.15) is 0 Å². The molecule has 0 unspecified atom stereocenters. The van der Waals surface area contributed by atoms with E-state index in [2.05, 4.69) is 5.32 Å². The van der Waals surface area contributed by atoms with E-state index in [1.54, 1.807) is 36.1 Å². The van der Waals surface area contributed by atoms with Crippen molar-refractivity contribution in [1.82, 2.24) is 19.8 Å². The zero-order valence-corrected chi connectivity index (χ0v) is 19.8. The van der Waals surface area contributed by atoms with Crippen LogP contribution in [0.15, 0.2) is 29.7 Å². The third-order valence-electron chi connectivity index (χ3n) is 5.46. The number of hydrogen-bond donors (Lipinski definition) is 2. The summed E-state index contributed by atoms with van der Waals surface area (Å²) in [6.07, 6.45) is 1.75. The highest BCUT2D eigenvalue weighted by atomic mass is 35.5. The van der Waals surface area contributed by atoms with Crippen LogP contribution in [-0.4, -0.2) is 87.4 Å². The van der Waals surface area contributed by atoms with Gasteiger partial charge in [-0.3, -0.25) is 19.7 Å². The minimum Gasteiger partial charge on any atom is -0.378 e. The number of morpholine rings is 1. The van der Waals surface area contributed by atoms with Crippen LogP contribution >= 0.6 is 11.6 Å². The Labute approximate surface area is 197 Å². The molecule has 1 aromatic rings. The molecule has 0 bridgehead atoms. The molecular weight excluding hydrogens is 472 g/mol. The summed E-state index contributed by atoms with van der Waals surface area (Å²) in [7, 11) is -4.01. The van der Waals surface area contributed by atoms with Gasteiger partial charge in [0.25, 0.3) is 10.0 Å². The van der Waals surface area contributed by atoms with Crippen LogP contribution in [0.3, 0.4) is 0 Å². The van der Waals surface area contributed by atoms with Gasteiger partial charge in [0.1, 0.15) is 6.04 Å². The zero-order chi connectivity index (χ0) is 24.0. The standard InChI is InChI=1S/C21H27ClN4O6S/c1-15(20(28)25-9-11-32-12-10-25)26-8-6-18(21(26)29)23-14-19(27)24-33(30,31)13-7-16-2-4-17(22)5-3-16/h2-5,7,13,15,18,23H,6,8-12,14H2,1H3,(H,24,27)/b13-7+/t15-,18-/m0/s1. The molecule has 0 aliphatic carbocycles. The van der Waals surface area contributed by atoms with Crippen molar-refractivity contribution in [2.45, 2.75) is 25.4 Å². The Balaban J connectivity index is 1.47. The van der Waals surface area contributed by atoms with Crippen molar-refractivity contribution in [2.24, 2.45) is 0 Å². The lowest BCUT2D eigenvalue weighted by Crippen LogP contribution is -2.52. The predicted octanol–water partition coefficient (Wildman–Crippen LogP) is 0.195. The minimum atomic E-state index is -4.01. The number of carbonyl (C=O) groups excluding carboxylic acids is 3. The smallest absolute Gasteiger partial charge is 0.257 e. The summed E-state index contributed by atoms with van der Waals surface area (Å²) in [6, 6.07) is 5.24. The van der Waals surface area contributed by atoms with Gasteiger partial charge in [0.15, 0.2) is 0 Å². The second kappa shape index (κ2) is 11.1. The molecule has 3 amide bonds. The summed E-state index contributed by atoms with van der Waals surface area (Å²) in [5.41, 5.74) is 0.604. The first-order valence-corrected chi connectivity index (χ1v) is 12.5. The molecule has 0 aromatic heterocycles. The Hall–Kier alpha value is -2.47. The van der Waals surface area contributed by atoms with E-state index in [4.69, 9.17) is 16.3 Å². The molecule has 2 N–H and O–H groups in total. The molecule has 1 aromatic carbocycles. The van der Waals surface area contributed by atoms with Crippen molar-refractivity contribution >= 4 is 45.4 Å². The fourth-order valence-corrected chi connectivity index (χ4v) is 4.56. The Morgan fingerprint density at radius 3 is 2.55 bits per heavy atom. The fraction of sp³-hybridized carbons (Fsp3) is 0.476. The molecule has 0 saturated carbocycles. The van der Waals surface area contributed by atoms with Crippen LogP contribution in [-0.2, 0) is 29.1 Å². The van der Waals surface area contributed by atoms with Gasteiger partial charge in [0.05, 0.1) is 31.2 Å². The van der Waals surface area contributed by atoms with Crippen LogP contribution in [0.2, 0.25) is 5.02 Å². The van der Waals surface area contributed by atoms with Gasteiger partial charge in [-0.15, -0.1) is 0 Å². The van der Waals surface area contributed by atoms with Crippen LogP contribution in [0.1, 0.15) is 18.9 Å². The maximum atomic E-state index is 12.7. The summed E-state index contributed by atoms with van der Waals surface area (Å²) in [5, 5.41) is 4.19. The first-order valence-electron chi connectivity index (χ1n) is 10.6. The molecule has 2 fully saturated rings. The molecule has 2 saturated heterocycles. The summed E-state index contributed by atoms with van der Waals surface area (Å²) in [5.74, 6) is -1.22. The fourth-order valence-electron chi connectivity index (χ4n) is 3.64. The minimum absolute atomic E-state index is 0.136. The SMILES string of the molecule is C[C@@H](C(=O)N1CCOCC1)N1CC[C@H](NCC(=O)NS(=O)(=O)/C=C/c2ccc(Cl)cc2)C1=O. The Bertz CT molecular complexity index is 1010. The number of nitrogens with zero attached hydrogens (tertiary/aromatic N) is 2. The number of carbonyl (C=O) groups is 3. The average molecular weight is 499 g/mol. The molecule has 0 spiro atoms. The molecule has 2 atom stereocenters. The summed E-state index contributed by atoms with van der Waals surface area (Å²) >= 11 is 5.79. The third kappa shape index (κ3) is 7.00. The number of likely N-dealkylation sites (tertiary alicyclic amines) is 1. The Morgan fingerprint density at radius 1 is 1.21 bits per heavy atom. The highest BCUT2D eigenvalue weighted by molar-refractivity contribution is 7.93. The largest absolute Gasteiger partial charge is 0.378 e. The van der Waals surface area contributed by atoms with Crippen LogP contribution < -0.4 is 10.0 Å². The van der Waals surface area contributed by atoms with Gasteiger partial charge in [-0.05, 0) is 37.1 Å². The second-order valence-corrected chi connectivity index (χ2v) is 9.79. The maximum Gasteiger partial charge on any atom is 0.257 e. The lowest BCUT2D eigenvalue weighted by atomic mass is 10.2. The Kier molecular flexibility index (Phi) is 8.46. The molecule has 0 radical (unpaired) electrons. The first-order chi connectivity index (χ1) is 15.7. The molecule has 2 aliphatic rings. The number of ether oxygens (including phenoxy) is 1. The summed E-state index contributed by atoms with van der Waals surface area (Å²) in [6.45, 7) is 3.64. The van der Waals surface area contributed by atoms with Crippen LogP contribution in [0.25, 0.3) is 6.08 Å². The maximum absolute atomic E-state index is 12.7. The first kappa shape index (κ1) is 25.2.